The summed E-state index contributed by atoms with van der Waals surface area (Å²) in [6.07, 6.45) is 0. The number of carbonyl (C=O) groups excluding carboxylic acids is 2. The first-order valence-electron chi connectivity index (χ1n) is 5.59. The van der Waals surface area contributed by atoms with E-state index >= 15 is 0 Å². The minimum Gasteiger partial charge on any atom is -0.335 e. The van der Waals surface area contributed by atoms with Gasteiger partial charge in [0.25, 0.3) is 0 Å². The quantitative estimate of drug-likeness (QED) is 0.677. The normalized spacial score (nSPS) is 21.0. The number of hydrogen-bond donors (Lipinski definition) is 0. The zero-order chi connectivity index (χ0) is 12.6. The molecule has 1 saturated heterocycles. The number of rotatable bonds is 1. The van der Waals surface area contributed by atoms with Crippen LogP contribution in [0.15, 0.2) is 24.3 Å². The fourth-order valence-electron chi connectivity index (χ4n) is 2.04. The first-order valence-corrected chi connectivity index (χ1v) is 5.59. The van der Waals surface area contributed by atoms with E-state index in [-0.39, 0.29) is 6.04 Å². The third-order valence-corrected chi connectivity index (χ3v) is 3.23. The third-order valence-electron chi connectivity index (χ3n) is 3.23. The highest BCUT2D eigenvalue weighted by Gasteiger charge is 2.35. The molecule has 1 unspecified atom stereocenters. The Morgan fingerprint density at radius 2 is 1.65 bits per heavy atom. The molecule has 0 radical (unpaired) electrons. The van der Waals surface area contributed by atoms with E-state index in [1.807, 2.05) is 31.2 Å². The molecule has 90 valence electrons. The largest absolute Gasteiger partial charge is 0.335 e. The van der Waals surface area contributed by atoms with Gasteiger partial charge in [-0.05, 0) is 12.5 Å². The van der Waals surface area contributed by atoms with Crippen LogP contribution in [-0.4, -0.2) is 42.3 Å². The van der Waals surface area contributed by atoms with E-state index in [1.54, 1.807) is 14.1 Å². The summed E-state index contributed by atoms with van der Waals surface area (Å²) in [6.45, 7) is 2.57. The van der Waals surface area contributed by atoms with E-state index in [4.69, 9.17) is 0 Å². The maximum absolute atomic E-state index is 11.7. The van der Waals surface area contributed by atoms with Crippen LogP contribution in [0.1, 0.15) is 17.2 Å². The zero-order valence-electron chi connectivity index (χ0n) is 10.3. The number of carbonyl (C=O) groups is 2. The van der Waals surface area contributed by atoms with Crippen LogP contribution in [0.5, 0.6) is 0 Å². The van der Waals surface area contributed by atoms with Gasteiger partial charge < -0.3 is 9.80 Å². The molecule has 1 atom stereocenters. The van der Waals surface area contributed by atoms with Crippen LogP contribution in [0.2, 0.25) is 0 Å². The number of piperazine rings is 1. The molecule has 0 aliphatic carbocycles. The van der Waals surface area contributed by atoms with E-state index in [1.165, 1.54) is 15.4 Å². The summed E-state index contributed by atoms with van der Waals surface area (Å²) in [6, 6.07) is 8.00. The van der Waals surface area contributed by atoms with Gasteiger partial charge >= 0.3 is 11.8 Å². The molecule has 0 N–H and O–H groups in total. The van der Waals surface area contributed by atoms with Gasteiger partial charge in [0.1, 0.15) is 0 Å². The first kappa shape index (κ1) is 11.6. The molecule has 2 amide bonds. The second kappa shape index (κ2) is 4.20. The van der Waals surface area contributed by atoms with E-state index in [2.05, 4.69) is 0 Å². The minimum atomic E-state index is -0.440. The number of benzene rings is 1. The van der Waals surface area contributed by atoms with Gasteiger partial charge in [-0.3, -0.25) is 9.59 Å². The van der Waals surface area contributed by atoms with Gasteiger partial charge in [0.15, 0.2) is 0 Å². The van der Waals surface area contributed by atoms with Crippen LogP contribution in [0, 0.1) is 6.92 Å². The number of likely N-dealkylation sites (N-methyl/N-ethyl adjacent to an activating group) is 2. The van der Waals surface area contributed by atoms with Crippen LogP contribution in [-0.2, 0) is 9.59 Å². The van der Waals surface area contributed by atoms with Crippen LogP contribution < -0.4 is 0 Å². The van der Waals surface area contributed by atoms with Crippen LogP contribution in [0.4, 0.5) is 0 Å². The second-order valence-corrected chi connectivity index (χ2v) is 4.53. The molecule has 0 saturated carbocycles. The Kier molecular flexibility index (Phi) is 2.88. The van der Waals surface area contributed by atoms with Crippen molar-refractivity contribution in [3.8, 4) is 0 Å². The summed E-state index contributed by atoms with van der Waals surface area (Å²) in [4.78, 5) is 26.2. The lowest BCUT2D eigenvalue weighted by atomic mass is 10.0. The van der Waals surface area contributed by atoms with Gasteiger partial charge in [-0.25, -0.2) is 0 Å². The van der Waals surface area contributed by atoms with Crippen molar-refractivity contribution >= 4 is 11.8 Å². The summed E-state index contributed by atoms with van der Waals surface area (Å²) in [7, 11) is 3.34. The average Bonchev–Trinajstić information content (AvgIpc) is 2.32. The highest BCUT2D eigenvalue weighted by atomic mass is 16.2. The van der Waals surface area contributed by atoms with Gasteiger partial charge in [-0.15, -0.1) is 0 Å². The molecule has 1 aromatic rings. The third kappa shape index (κ3) is 2.02. The molecule has 1 heterocycles. The van der Waals surface area contributed by atoms with E-state index in [0.29, 0.717) is 6.54 Å². The van der Waals surface area contributed by atoms with Crippen molar-refractivity contribution < 1.29 is 9.59 Å². The van der Waals surface area contributed by atoms with Gasteiger partial charge in [0, 0.05) is 20.6 Å². The van der Waals surface area contributed by atoms with E-state index in [0.717, 1.165) is 5.56 Å². The van der Waals surface area contributed by atoms with Crippen molar-refractivity contribution in [2.45, 2.75) is 13.0 Å². The molecular formula is C13H16N2O2. The maximum Gasteiger partial charge on any atom is 0.312 e. The van der Waals surface area contributed by atoms with Gasteiger partial charge in [0.2, 0.25) is 0 Å². The molecular weight excluding hydrogens is 216 g/mol. The Hall–Kier alpha value is -1.84. The number of hydrogen-bond acceptors (Lipinski definition) is 2. The molecule has 0 spiro atoms. The second-order valence-electron chi connectivity index (χ2n) is 4.53. The van der Waals surface area contributed by atoms with Crippen molar-refractivity contribution in [2.75, 3.05) is 20.6 Å². The molecule has 1 fully saturated rings. The van der Waals surface area contributed by atoms with Crippen molar-refractivity contribution in [3.63, 3.8) is 0 Å². The molecule has 0 bridgehead atoms. The Morgan fingerprint density at radius 1 is 1.06 bits per heavy atom. The highest BCUT2D eigenvalue weighted by molar-refractivity contribution is 6.35. The summed E-state index contributed by atoms with van der Waals surface area (Å²) in [5, 5.41) is 0. The van der Waals surface area contributed by atoms with Crippen molar-refractivity contribution in [2.24, 2.45) is 0 Å². The predicted octanol–water partition coefficient (Wildman–Crippen LogP) is 0.967. The lowest BCUT2D eigenvalue weighted by Gasteiger charge is -2.37. The minimum absolute atomic E-state index is 0.0502. The zero-order valence-corrected chi connectivity index (χ0v) is 10.3. The molecule has 17 heavy (non-hydrogen) atoms. The number of nitrogens with zero attached hydrogens (tertiary/aromatic N) is 2. The highest BCUT2D eigenvalue weighted by Crippen LogP contribution is 2.24. The van der Waals surface area contributed by atoms with E-state index < -0.39 is 11.8 Å². The average molecular weight is 232 g/mol. The Labute approximate surface area is 101 Å². The van der Waals surface area contributed by atoms with Gasteiger partial charge in [-0.1, -0.05) is 29.8 Å². The van der Waals surface area contributed by atoms with E-state index in [9.17, 15) is 9.59 Å². The van der Waals surface area contributed by atoms with Gasteiger partial charge in [0.05, 0.1) is 6.04 Å². The molecule has 1 aromatic carbocycles. The van der Waals surface area contributed by atoms with Crippen LogP contribution in [0.3, 0.4) is 0 Å². The van der Waals surface area contributed by atoms with Crippen LogP contribution >= 0.6 is 0 Å². The fourth-order valence-corrected chi connectivity index (χ4v) is 2.04. The number of amides is 2. The topological polar surface area (TPSA) is 40.6 Å². The summed E-state index contributed by atoms with van der Waals surface area (Å²) >= 11 is 0. The van der Waals surface area contributed by atoms with Gasteiger partial charge in [-0.2, -0.15) is 0 Å². The Morgan fingerprint density at radius 3 is 2.24 bits per heavy atom. The molecule has 4 nitrogen and oxygen atoms in total. The standard InChI is InChI=1S/C13H16N2O2/c1-9-4-6-10(7-5-9)11-8-14(2)12(16)13(17)15(11)3/h4-7,11H,8H2,1-3H3. The Balaban J connectivity index is 2.29. The summed E-state index contributed by atoms with van der Waals surface area (Å²) < 4.78 is 0. The molecule has 1 aliphatic heterocycles. The number of aryl methyl sites for hydroxylation is 1. The summed E-state index contributed by atoms with van der Waals surface area (Å²) in [5.41, 5.74) is 2.24. The molecule has 0 aromatic heterocycles. The first-order chi connectivity index (χ1) is 8.00. The van der Waals surface area contributed by atoms with Crippen LogP contribution in [0.25, 0.3) is 0 Å². The van der Waals surface area contributed by atoms with Crippen molar-refractivity contribution in [3.05, 3.63) is 35.4 Å². The van der Waals surface area contributed by atoms with Crippen molar-refractivity contribution in [1.82, 2.24) is 9.80 Å². The molecule has 2 rings (SSSR count). The SMILES string of the molecule is Cc1ccc(C2CN(C)C(=O)C(=O)N2C)cc1. The van der Waals surface area contributed by atoms with Crippen molar-refractivity contribution in [1.29, 1.82) is 0 Å². The lowest BCUT2D eigenvalue weighted by Crippen LogP contribution is -2.52. The molecule has 1 aliphatic rings. The monoisotopic (exact) mass is 232 g/mol. The molecule has 4 heteroatoms. The smallest absolute Gasteiger partial charge is 0.312 e. The maximum atomic E-state index is 11.7. The predicted molar refractivity (Wildman–Crippen MR) is 64.3 cm³/mol. The fraction of sp³-hybridized carbons (Fsp3) is 0.385. The lowest BCUT2D eigenvalue weighted by molar-refractivity contribution is -0.156. The Bertz CT molecular complexity index is 453. The summed E-state index contributed by atoms with van der Waals surface area (Å²) in [5.74, 6) is -0.875.